The summed E-state index contributed by atoms with van der Waals surface area (Å²) in [5, 5.41) is 5.01. The first kappa shape index (κ1) is 67.7. The Morgan fingerprint density at radius 2 is 0.554 bits per heavy atom. The topological polar surface area (TPSA) is 222 Å². The normalized spacial score (nSPS) is 14.4. The van der Waals surface area contributed by atoms with Crippen LogP contribution in [0.1, 0.15) is 220 Å². The summed E-state index contributed by atoms with van der Waals surface area (Å²) in [7, 11) is 0. The number of amides is 2. The van der Waals surface area contributed by atoms with E-state index in [2.05, 4.69) is 38.3 Å². The van der Waals surface area contributed by atoms with Crippen LogP contribution in [0.3, 0.4) is 0 Å². The summed E-state index contributed by atoms with van der Waals surface area (Å²) < 4.78 is 32.6. The number of carbonyl (C=O) groups excluding carboxylic acids is 8. The fourth-order valence-electron chi connectivity index (χ4n) is 8.22. The van der Waals surface area contributed by atoms with Crippen molar-refractivity contribution in [3.8, 4) is 0 Å². The quantitative estimate of drug-likeness (QED) is 0.0331. The molecule has 18 nitrogen and oxygen atoms in total. The molecule has 18 heteroatoms. The third-order valence-electron chi connectivity index (χ3n) is 12.9. The highest BCUT2D eigenvalue weighted by molar-refractivity contribution is 6.00. The Labute approximate surface area is 444 Å². The fourth-order valence-corrected chi connectivity index (χ4v) is 8.22. The molecular weight excluding hydrogens is 953 g/mol. The molecule has 1 heterocycles. The Balaban J connectivity index is 2.63. The molecule has 2 atom stereocenters. The van der Waals surface area contributed by atoms with E-state index in [1.807, 2.05) is 9.80 Å². The zero-order valence-corrected chi connectivity index (χ0v) is 46.5. The van der Waals surface area contributed by atoms with Gasteiger partial charge in [-0.1, -0.05) is 156 Å². The van der Waals surface area contributed by atoms with E-state index in [1.54, 1.807) is 0 Å². The molecule has 0 aromatic rings. The number of piperazine rings is 1. The lowest BCUT2D eigenvalue weighted by molar-refractivity contribution is -0.151. The van der Waals surface area contributed by atoms with Crippen LogP contribution in [0.15, 0.2) is 0 Å². The number of rotatable bonds is 50. The molecule has 0 spiro atoms. The lowest BCUT2D eigenvalue weighted by atomic mass is 10.1. The van der Waals surface area contributed by atoms with Gasteiger partial charge in [0.15, 0.2) is 0 Å². The molecular formula is C56H100N4O14. The van der Waals surface area contributed by atoms with Crippen molar-refractivity contribution < 1.29 is 66.8 Å². The van der Waals surface area contributed by atoms with Crippen molar-refractivity contribution in [3.63, 3.8) is 0 Å². The largest absolute Gasteiger partial charge is 0.466 e. The number of nitrogens with one attached hydrogen (secondary N) is 2. The number of carbonyl (C=O) groups is 8. The fraction of sp³-hybridized carbons (Fsp3) is 0.857. The van der Waals surface area contributed by atoms with E-state index in [0.29, 0.717) is 26.4 Å². The Morgan fingerprint density at radius 3 is 0.811 bits per heavy atom. The standard InChI is InChI=1S/C56H100N4O14/c1-5-9-13-17-21-25-39-69-49(61)29-33-59(34-30-50(62)70-40-26-22-18-14-10-6-2)37-43-73-53(65)45-47-55(67)58-48(56(68)57-47)46-54(66)74-44-38-60(35-31-51(63)71-41-27-23-19-15-11-7-3)36-32-52(64)72-42-28-24-20-16-12-8-4/h47-48H,5-46H2,1-4H3,(H,57,68)(H,58,67). The molecule has 428 valence electrons. The minimum absolute atomic E-state index is 0.0902. The van der Waals surface area contributed by atoms with Crippen LogP contribution in [-0.4, -0.2) is 148 Å². The second-order valence-corrected chi connectivity index (χ2v) is 19.6. The molecule has 0 aliphatic carbocycles. The Bertz CT molecular complexity index is 1350. The molecule has 74 heavy (non-hydrogen) atoms. The van der Waals surface area contributed by atoms with Crippen molar-refractivity contribution >= 4 is 47.6 Å². The molecule has 0 aromatic carbocycles. The van der Waals surface area contributed by atoms with E-state index >= 15 is 0 Å². The number of unbranched alkanes of at least 4 members (excludes halogenated alkanes) is 20. The Kier molecular flexibility index (Phi) is 43.1. The highest BCUT2D eigenvalue weighted by atomic mass is 16.6. The van der Waals surface area contributed by atoms with Crippen LogP contribution in [0, 0.1) is 0 Å². The van der Waals surface area contributed by atoms with Crippen LogP contribution >= 0.6 is 0 Å². The van der Waals surface area contributed by atoms with E-state index in [1.165, 1.54) is 51.4 Å². The van der Waals surface area contributed by atoms with Crippen LogP contribution in [-0.2, 0) is 66.8 Å². The second-order valence-electron chi connectivity index (χ2n) is 19.6. The summed E-state index contributed by atoms with van der Waals surface area (Å²) in [6, 6.07) is -2.46. The Hall–Kier alpha value is -4.32. The highest BCUT2D eigenvalue weighted by Gasteiger charge is 2.36. The number of hydrogen-bond donors (Lipinski definition) is 2. The minimum Gasteiger partial charge on any atom is -0.466 e. The molecule has 1 fully saturated rings. The summed E-state index contributed by atoms with van der Waals surface area (Å²) in [5.74, 6) is -4.23. The van der Waals surface area contributed by atoms with Crippen LogP contribution < -0.4 is 10.6 Å². The van der Waals surface area contributed by atoms with Crippen molar-refractivity contribution in [2.75, 3.05) is 78.9 Å². The van der Waals surface area contributed by atoms with E-state index in [9.17, 15) is 38.4 Å². The van der Waals surface area contributed by atoms with Crippen LogP contribution in [0.4, 0.5) is 0 Å². The molecule has 1 rings (SSSR count). The first-order valence-electron chi connectivity index (χ1n) is 28.9. The van der Waals surface area contributed by atoms with E-state index in [4.69, 9.17) is 28.4 Å². The van der Waals surface area contributed by atoms with Gasteiger partial charge >= 0.3 is 35.8 Å². The Morgan fingerprint density at radius 1 is 0.324 bits per heavy atom. The molecule has 0 radical (unpaired) electrons. The first-order valence-corrected chi connectivity index (χ1v) is 28.9. The zero-order valence-electron chi connectivity index (χ0n) is 46.5. The molecule has 2 amide bonds. The van der Waals surface area contributed by atoms with Gasteiger partial charge < -0.3 is 39.1 Å². The van der Waals surface area contributed by atoms with Crippen LogP contribution in [0.2, 0.25) is 0 Å². The SMILES string of the molecule is CCCCCCCCOC(=O)CCN(CCOC(=O)CC1NC(=O)C(CC(=O)OCCN(CCC(=O)OCCCCCCCC)CCC(=O)OCCCCCCCC)NC1=O)CCC(=O)OCCCCCCCC. The first-order chi connectivity index (χ1) is 35.9. The lowest BCUT2D eigenvalue weighted by Gasteiger charge is -2.29. The molecule has 0 saturated carbocycles. The van der Waals surface area contributed by atoms with Gasteiger partial charge in [-0.2, -0.15) is 0 Å². The average Bonchev–Trinajstić information content (AvgIpc) is 3.37. The molecule has 2 unspecified atom stereocenters. The van der Waals surface area contributed by atoms with Crippen molar-refractivity contribution in [1.29, 1.82) is 0 Å². The van der Waals surface area contributed by atoms with Gasteiger partial charge in [-0.15, -0.1) is 0 Å². The number of esters is 6. The van der Waals surface area contributed by atoms with Crippen molar-refractivity contribution in [2.24, 2.45) is 0 Å². The average molecular weight is 1050 g/mol. The van der Waals surface area contributed by atoms with Gasteiger partial charge in [-0.3, -0.25) is 48.2 Å². The predicted molar refractivity (Wildman–Crippen MR) is 284 cm³/mol. The van der Waals surface area contributed by atoms with E-state index < -0.39 is 48.7 Å². The van der Waals surface area contributed by atoms with Gasteiger partial charge in [0, 0.05) is 39.3 Å². The molecule has 1 aliphatic heterocycles. The van der Waals surface area contributed by atoms with Gasteiger partial charge in [0.2, 0.25) is 11.8 Å². The monoisotopic (exact) mass is 1050 g/mol. The highest BCUT2D eigenvalue weighted by Crippen LogP contribution is 2.11. The third kappa shape index (κ3) is 39.1. The summed E-state index contributed by atoms with van der Waals surface area (Å²) in [6.07, 6.45) is 25.1. The lowest BCUT2D eigenvalue weighted by Crippen LogP contribution is -2.62. The van der Waals surface area contributed by atoms with Crippen LogP contribution in [0.5, 0.6) is 0 Å². The van der Waals surface area contributed by atoms with Gasteiger partial charge in [-0.05, 0) is 25.7 Å². The van der Waals surface area contributed by atoms with Crippen molar-refractivity contribution in [1.82, 2.24) is 20.4 Å². The third-order valence-corrected chi connectivity index (χ3v) is 12.9. The minimum atomic E-state index is -1.23. The van der Waals surface area contributed by atoms with Crippen LogP contribution in [0.25, 0.3) is 0 Å². The summed E-state index contributed by atoms with van der Waals surface area (Å²) in [4.78, 5) is 106. The molecule has 0 aromatic heterocycles. The van der Waals surface area contributed by atoms with Crippen molar-refractivity contribution in [2.45, 2.75) is 232 Å². The maximum Gasteiger partial charge on any atom is 0.308 e. The number of ether oxygens (including phenoxy) is 6. The summed E-state index contributed by atoms with van der Waals surface area (Å²) >= 11 is 0. The van der Waals surface area contributed by atoms with Gasteiger partial charge in [-0.25, -0.2) is 0 Å². The van der Waals surface area contributed by atoms with Gasteiger partial charge in [0.05, 0.1) is 65.0 Å². The molecule has 1 aliphatic rings. The zero-order chi connectivity index (χ0) is 54.3. The van der Waals surface area contributed by atoms with Crippen molar-refractivity contribution in [3.05, 3.63) is 0 Å². The van der Waals surface area contributed by atoms with Gasteiger partial charge in [0.1, 0.15) is 25.3 Å². The predicted octanol–water partition coefficient (Wildman–Crippen LogP) is 8.62. The van der Waals surface area contributed by atoms with E-state index in [-0.39, 0.29) is 102 Å². The molecule has 0 bridgehead atoms. The second kappa shape index (κ2) is 47.2. The smallest absolute Gasteiger partial charge is 0.308 e. The summed E-state index contributed by atoms with van der Waals surface area (Å²) in [6.45, 7) is 11.3. The molecule has 2 N–H and O–H groups in total. The summed E-state index contributed by atoms with van der Waals surface area (Å²) in [5.41, 5.74) is 0. The number of hydrogen-bond acceptors (Lipinski definition) is 16. The van der Waals surface area contributed by atoms with E-state index in [0.717, 1.165) is 103 Å². The maximum absolute atomic E-state index is 13.0. The van der Waals surface area contributed by atoms with Gasteiger partial charge in [0.25, 0.3) is 0 Å². The maximum atomic E-state index is 13.0. The number of nitrogens with zero attached hydrogens (tertiary/aromatic N) is 2. The molecule has 1 saturated heterocycles.